The summed E-state index contributed by atoms with van der Waals surface area (Å²) >= 11 is 0. The first-order valence-electron chi connectivity index (χ1n) is 5.54. The Kier molecular flexibility index (Phi) is 3.46. The molecule has 0 saturated carbocycles. The molecule has 0 aliphatic rings. The Hall–Kier alpha value is -2.43. The first-order valence-corrected chi connectivity index (χ1v) is 5.54. The van der Waals surface area contributed by atoms with Gasteiger partial charge in [0.15, 0.2) is 0 Å². The maximum absolute atomic E-state index is 13.0. The van der Waals surface area contributed by atoms with E-state index in [1.54, 1.807) is 25.1 Å². The summed E-state index contributed by atoms with van der Waals surface area (Å²) in [6.07, 6.45) is 0. The van der Waals surface area contributed by atoms with Crippen LogP contribution in [0.2, 0.25) is 0 Å². The van der Waals surface area contributed by atoms with Gasteiger partial charge < -0.3 is 10.5 Å². The summed E-state index contributed by atoms with van der Waals surface area (Å²) in [5.74, 6) is -0.918. The van der Waals surface area contributed by atoms with Crippen LogP contribution in [0.15, 0.2) is 36.4 Å². The quantitative estimate of drug-likeness (QED) is 0.658. The van der Waals surface area contributed by atoms with Gasteiger partial charge in [0, 0.05) is 23.8 Å². The zero-order chi connectivity index (χ0) is 14.0. The molecule has 0 amide bonds. The summed E-state index contributed by atoms with van der Waals surface area (Å²) in [5, 5.41) is 7.32. The van der Waals surface area contributed by atoms with Crippen LogP contribution in [-0.2, 0) is 0 Å². The minimum atomic E-state index is -0.701. The molecule has 0 saturated heterocycles. The van der Waals surface area contributed by atoms with Crippen molar-refractivity contribution in [1.29, 1.82) is 5.41 Å². The van der Waals surface area contributed by atoms with Gasteiger partial charge in [-0.05, 0) is 30.7 Å². The highest BCUT2D eigenvalue weighted by Crippen LogP contribution is 2.26. The molecule has 0 aromatic heterocycles. The van der Waals surface area contributed by atoms with Crippen molar-refractivity contribution >= 4 is 5.84 Å². The Morgan fingerprint density at radius 1 is 1.11 bits per heavy atom. The fourth-order valence-electron chi connectivity index (χ4n) is 1.65. The molecule has 0 aliphatic carbocycles. The molecule has 5 heteroatoms. The lowest BCUT2D eigenvalue weighted by atomic mass is 10.1. The lowest BCUT2D eigenvalue weighted by Crippen LogP contribution is -2.11. The number of nitrogens with one attached hydrogen (secondary N) is 1. The zero-order valence-corrected chi connectivity index (χ0v) is 10.2. The SMILES string of the molecule is Cc1cc(C(=N)N)ccc1Oc1cc(F)cc(F)c1. The normalized spacial score (nSPS) is 10.3. The summed E-state index contributed by atoms with van der Waals surface area (Å²) < 4.78 is 31.5. The van der Waals surface area contributed by atoms with Crippen molar-refractivity contribution < 1.29 is 13.5 Å². The fraction of sp³-hybridized carbons (Fsp3) is 0.0714. The second-order valence-electron chi connectivity index (χ2n) is 4.10. The standard InChI is InChI=1S/C14H12F2N2O/c1-8-4-9(14(17)18)2-3-13(8)19-12-6-10(15)5-11(16)7-12/h2-7H,1H3,(H3,17,18). The van der Waals surface area contributed by atoms with Gasteiger partial charge in [-0.3, -0.25) is 5.41 Å². The van der Waals surface area contributed by atoms with E-state index in [0.29, 0.717) is 11.3 Å². The molecule has 0 bridgehead atoms. The molecule has 0 aliphatic heterocycles. The summed E-state index contributed by atoms with van der Waals surface area (Å²) in [5.41, 5.74) is 6.65. The lowest BCUT2D eigenvalue weighted by molar-refractivity contribution is 0.465. The minimum Gasteiger partial charge on any atom is -0.457 e. The molecule has 3 N–H and O–H groups in total. The largest absolute Gasteiger partial charge is 0.457 e. The monoisotopic (exact) mass is 262 g/mol. The predicted octanol–water partition coefficient (Wildman–Crippen LogP) is 3.35. The van der Waals surface area contributed by atoms with E-state index in [-0.39, 0.29) is 11.6 Å². The van der Waals surface area contributed by atoms with Gasteiger partial charge in [-0.2, -0.15) is 0 Å². The molecule has 2 aromatic rings. The molecule has 0 fully saturated rings. The Balaban J connectivity index is 2.30. The van der Waals surface area contributed by atoms with E-state index in [1.807, 2.05) is 0 Å². The van der Waals surface area contributed by atoms with E-state index in [2.05, 4.69) is 0 Å². The smallest absolute Gasteiger partial charge is 0.133 e. The summed E-state index contributed by atoms with van der Waals surface area (Å²) in [6.45, 7) is 1.76. The van der Waals surface area contributed by atoms with Crippen molar-refractivity contribution in [2.45, 2.75) is 6.92 Å². The highest BCUT2D eigenvalue weighted by molar-refractivity contribution is 5.95. The van der Waals surface area contributed by atoms with Crippen LogP contribution in [0.1, 0.15) is 11.1 Å². The van der Waals surface area contributed by atoms with E-state index in [1.165, 1.54) is 0 Å². The first-order chi connectivity index (χ1) is 8.95. The second-order valence-corrected chi connectivity index (χ2v) is 4.10. The molecule has 0 heterocycles. The zero-order valence-electron chi connectivity index (χ0n) is 10.2. The second kappa shape index (κ2) is 5.06. The molecule has 0 unspecified atom stereocenters. The maximum Gasteiger partial charge on any atom is 0.133 e. The Labute approximate surface area is 109 Å². The van der Waals surface area contributed by atoms with Crippen LogP contribution in [0.25, 0.3) is 0 Å². The van der Waals surface area contributed by atoms with Crippen molar-refractivity contribution in [3.05, 3.63) is 59.2 Å². The Morgan fingerprint density at radius 3 is 2.26 bits per heavy atom. The van der Waals surface area contributed by atoms with E-state index < -0.39 is 11.6 Å². The number of rotatable bonds is 3. The summed E-state index contributed by atoms with van der Waals surface area (Å²) in [7, 11) is 0. The number of nitrogen functional groups attached to an aromatic ring is 1. The molecule has 0 spiro atoms. The van der Waals surface area contributed by atoms with Gasteiger partial charge in [0.25, 0.3) is 0 Å². The third-order valence-corrected chi connectivity index (χ3v) is 2.55. The molecule has 98 valence electrons. The molecular formula is C14H12F2N2O. The van der Waals surface area contributed by atoms with E-state index in [4.69, 9.17) is 15.9 Å². The average Bonchev–Trinajstić information content (AvgIpc) is 2.30. The van der Waals surface area contributed by atoms with Crippen molar-refractivity contribution in [3.63, 3.8) is 0 Å². The Bertz CT molecular complexity index is 621. The number of benzene rings is 2. The first kappa shape index (κ1) is 13.0. The van der Waals surface area contributed by atoms with Crippen LogP contribution in [0.4, 0.5) is 8.78 Å². The number of nitrogens with two attached hydrogens (primary N) is 1. The van der Waals surface area contributed by atoms with Crippen LogP contribution < -0.4 is 10.5 Å². The van der Waals surface area contributed by atoms with Gasteiger partial charge in [0.2, 0.25) is 0 Å². The maximum atomic E-state index is 13.0. The van der Waals surface area contributed by atoms with Gasteiger partial charge in [0.05, 0.1) is 0 Å². The third kappa shape index (κ3) is 3.07. The third-order valence-electron chi connectivity index (χ3n) is 2.55. The number of hydrogen-bond donors (Lipinski definition) is 2. The molecule has 3 nitrogen and oxygen atoms in total. The van der Waals surface area contributed by atoms with Crippen molar-refractivity contribution in [2.75, 3.05) is 0 Å². The van der Waals surface area contributed by atoms with Crippen molar-refractivity contribution in [2.24, 2.45) is 5.73 Å². The van der Waals surface area contributed by atoms with Crippen LogP contribution in [0.5, 0.6) is 11.5 Å². The number of hydrogen-bond acceptors (Lipinski definition) is 2. The van der Waals surface area contributed by atoms with Gasteiger partial charge in [-0.15, -0.1) is 0 Å². The summed E-state index contributed by atoms with van der Waals surface area (Å²) in [4.78, 5) is 0. The average molecular weight is 262 g/mol. The van der Waals surface area contributed by atoms with Crippen LogP contribution in [-0.4, -0.2) is 5.84 Å². The molecule has 2 aromatic carbocycles. The number of amidine groups is 1. The van der Waals surface area contributed by atoms with Gasteiger partial charge in [-0.1, -0.05) is 0 Å². The van der Waals surface area contributed by atoms with Gasteiger partial charge in [0.1, 0.15) is 29.0 Å². The molecule has 19 heavy (non-hydrogen) atoms. The number of ether oxygens (including phenoxy) is 1. The molecular weight excluding hydrogens is 250 g/mol. The number of halogens is 2. The van der Waals surface area contributed by atoms with Gasteiger partial charge >= 0.3 is 0 Å². The van der Waals surface area contributed by atoms with E-state index in [9.17, 15) is 8.78 Å². The highest BCUT2D eigenvalue weighted by atomic mass is 19.1. The highest BCUT2D eigenvalue weighted by Gasteiger charge is 2.07. The number of aryl methyl sites for hydroxylation is 1. The topological polar surface area (TPSA) is 59.1 Å². The predicted molar refractivity (Wildman–Crippen MR) is 68.6 cm³/mol. The Morgan fingerprint density at radius 2 is 1.74 bits per heavy atom. The van der Waals surface area contributed by atoms with E-state index >= 15 is 0 Å². The van der Waals surface area contributed by atoms with Crippen LogP contribution >= 0.6 is 0 Å². The lowest BCUT2D eigenvalue weighted by Gasteiger charge is -2.10. The van der Waals surface area contributed by atoms with Crippen LogP contribution in [0.3, 0.4) is 0 Å². The molecule has 2 rings (SSSR count). The van der Waals surface area contributed by atoms with Crippen molar-refractivity contribution in [3.8, 4) is 11.5 Å². The summed E-state index contributed by atoms with van der Waals surface area (Å²) in [6, 6.07) is 7.86. The minimum absolute atomic E-state index is 0.0496. The van der Waals surface area contributed by atoms with Gasteiger partial charge in [-0.25, -0.2) is 8.78 Å². The molecule has 0 atom stereocenters. The van der Waals surface area contributed by atoms with Crippen LogP contribution in [0, 0.1) is 24.0 Å². The van der Waals surface area contributed by atoms with E-state index in [0.717, 1.165) is 23.8 Å². The fourth-order valence-corrected chi connectivity index (χ4v) is 1.65. The van der Waals surface area contributed by atoms with Crippen molar-refractivity contribution in [1.82, 2.24) is 0 Å². The molecule has 0 radical (unpaired) electrons.